The number of aromatic nitrogens is 3. The van der Waals surface area contributed by atoms with Gasteiger partial charge in [-0.3, -0.25) is 4.79 Å². The number of thiazole rings is 1. The van der Waals surface area contributed by atoms with E-state index >= 15 is 0 Å². The van der Waals surface area contributed by atoms with Crippen LogP contribution >= 0.6 is 11.3 Å². The van der Waals surface area contributed by atoms with E-state index in [0.29, 0.717) is 12.5 Å². The highest BCUT2D eigenvalue weighted by atomic mass is 32.1. The molecule has 1 amide bonds. The largest absolute Gasteiger partial charge is 0.340 e. The zero-order chi connectivity index (χ0) is 15.5. The summed E-state index contributed by atoms with van der Waals surface area (Å²) >= 11 is 1.60. The minimum atomic E-state index is 0.188. The highest BCUT2D eigenvalue weighted by Gasteiger charge is 2.26. The van der Waals surface area contributed by atoms with Crippen LogP contribution in [0.1, 0.15) is 42.3 Å². The summed E-state index contributed by atoms with van der Waals surface area (Å²) in [5, 5.41) is 3.00. The molecule has 22 heavy (non-hydrogen) atoms. The molecule has 0 bridgehead atoms. The van der Waals surface area contributed by atoms with Crippen molar-refractivity contribution in [3.8, 4) is 0 Å². The normalized spacial score (nSPS) is 18.6. The van der Waals surface area contributed by atoms with E-state index in [1.807, 2.05) is 29.6 Å². The number of piperidine rings is 1. The summed E-state index contributed by atoms with van der Waals surface area (Å²) < 4.78 is 2.24. The molecule has 0 N–H and O–H groups in total. The van der Waals surface area contributed by atoms with Gasteiger partial charge >= 0.3 is 0 Å². The minimum absolute atomic E-state index is 0.188. The van der Waals surface area contributed by atoms with E-state index in [2.05, 4.69) is 21.5 Å². The van der Waals surface area contributed by atoms with Crippen LogP contribution in [0, 0.1) is 6.92 Å². The van der Waals surface area contributed by atoms with E-state index in [-0.39, 0.29) is 5.91 Å². The van der Waals surface area contributed by atoms with Crippen LogP contribution in [0.4, 0.5) is 0 Å². The summed E-state index contributed by atoms with van der Waals surface area (Å²) in [6, 6.07) is 0.354. The van der Waals surface area contributed by atoms with Crippen LogP contribution in [0.3, 0.4) is 0 Å². The molecular formula is C16H22N4OS. The van der Waals surface area contributed by atoms with Gasteiger partial charge in [0.1, 0.15) is 5.82 Å². The van der Waals surface area contributed by atoms with Gasteiger partial charge in [0.2, 0.25) is 5.91 Å². The maximum absolute atomic E-state index is 12.5. The Kier molecular flexibility index (Phi) is 4.57. The molecule has 0 radical (unpaired) electrons. The van der Waals surface area contributed by atoms with Crippen molar-refractivity contribution in [2.75, 3.05) is 13.1 Å². The number of hydrogen-bond acceptors (Lipinski definition) is 4. The molecule has 1 atom stereocenters. The molecule has 0 aromatic carbocycles. The van der Waals surface area contributed by atoms with Gasteiger partial charge in [-0.2, -0.15) is 0 Å². The molecule has 3 rings (SSSR count). The van der Waals surface area contributed by atoms with Crippen LogP contribution in [0.25, 0.3) is 0 Å². The summed E-state index contributed by atoms with van der Waals surface area (Å²) in [7, 11) is 0. The first-order valence-corrected chi connectivity index (χ1v) is 8.75. The van der Waals surface area contributed by atoms with Gasteiger partial charge in [-0.15, -0.1) is 11.3 Å². The molecule has 1 fully saturated rings. The Hall–Kier alpha value is -1.69. The van der Waals surface area contributed by atoms with Crippen LogP contribution in [0.15, 0.2) is 17.8 Å². The third kappa shape index (κ3) is 3.21. The van der Waals surface area contributed by atoms with Gasteiger partial charge in [-0.1, -0.05) is 6.92 Å². The van der Waals surface area contributed by atoms with Gasteiger partial charge in [-0.25, -0.2) is 9.97 Å². The second-order valence-corrected chi connectivity index (χ2v) is 6.84. The summed E-state index contributed by atoms with van der Waals surface area (Å²) in [6.07, 6.45) is 7.41. The first-order valence-electron chi connectivity index (χ1n) is 7.88. The fourth-order valence-corrected chi connectivity index (χ4v) is 3.73. The maximum Gasteiger partial charge on any atom is 0.228 e. The van der Waals surface area contributed by atoms with Crippen molar-refractivity contribution in [3.05, 3.63) is 34.3 Å². The molecule has 118 valence electrons. The lowest BCUT2D eigenvalue weighted by atomic mass is 10.0. The van der Waals surface area contributed by atoms with E-state index in [9.17, 15) is 4.79 Å². The quantitative estimate of drug-likeness (QED) is 0.871. The standard InChI is InChI=1S/C16H22N4OS/c1-3-15-17-6-8-20(15)14-5-4-7-19(10-14)16(21)9-13-11-22-12(2)18-13/h6,8,11,14H,3-5,7,9-10H2,1-2H3. The molecule has 0 spiro atoms. The highest BCUT2D eigenvalue weighted by molar-refractivity contribution is 7.09. The Morgan fingerprint density at radius 3 is 3.09 bits per heavy atom. The van der Waals surface area contributed by atoms with E-state index in [4.69, 9.17) is 0 Å². The second-order valence-electron chi connectivity index (χ2n) is 5.77. The van der Waals surface area contributed by atoms with Crippen LogP contribution in [-0.4, -0.2) is 38.4 Å². The molecule has 1 saturated heterocycles. The third-order valence-electron chi connectivity index (χ3n) is 4.21. The Balaban J connectivity index is 1.66. The molecule has 0 aliphatic carbocycles. The van der Waals surface area contributed by atoms with Crippen molar-refractivity contribution >= 4 is 17.2 Å². The molecule has 1 unspecified atom stereocenters. The van der Waals surface area contributed by atoms with Crippen molar-refractivity contribution in [3.63, 3.8) is 0 Å². The molecule has 0 saturated carbocycles. The average Bonchev–Trinajstić information content (AvgIpc) is 3.16. The number of carbonyl (C=O) groups is 1. The molecule has 2 aromatic rings. The number of nitrogens with zero attached hydrogens (tertiary/aromatic N) is 4. The Bertz CT molecular complexity index is 648. The van der Waals surface area contributed by atoms with Crippen molar-refractivity contribution in [2.24, 2.45) is 0 Å². The molecule has 3 heterocycles. The van der Waals surface area contributed by atoms with Crippen molar-refractivity contribution in [1.29, 1.82) is 0 Å². The first kappa shape index (κ1) is 15.2. The zero-order valence-electron chi connectivity index (χ0n) is 13.2. The number of likely N-dealkylation sites (tertiary alicyclic amines) is 1. The summed E-state index contributed by atoms with van der Waals surface area (Å²) in [5.74, 6) is 1.29. The third-order valence-corrected chi connectivity index (χ3v) is 5.03. The Morgan fingerprint density at radius 1 is 1.50 bits per heavy atom. The topological polar surface area (TPSA) is 51.0 Å². The molecule has 5 nitrogen and oxygen atoms in total. The van der Waals surface area contributed by atoms with Gasteiger partial charge < -0.3 is 9.47 Å². The second kappa shape index (κ2) is 6.60. The summed E-state index contributed by atoms with van der Waals surface area (Å²) in [5.41, 5.74) is 0.895. The fraction of sp³-hybridized carbons (Fsp3) is 0.562. The average molecular weight is 318 g/mol. The summed E-state index contributed by atoms with van der Waals surface area (Å²) in [6.45, 7) is 5.73. The van der Waals surface area contributed by atoms with Crippen molar-refractivity contribution < 1.29 is 4.79 Å². The fourth-order valence-electron chi connectivity index (χ4n) is 3.11. The van der Waals surface area contributed by atoms with Crippen LogP contribution in [0.2, 0.25) is 0 Å². The lowest BCUT2D eigenvalue weighted by molar-refractivity contribution is -0.132. The van der Waals surface area contributed by atoms with E-state index < -0.39 is 0 Å². The molecule has 1 aliphatic rings. The van der Waals surface area contributed by atoms with Crippen LogP contribution in [-0.2, 0) is 17.6 Å². The zero-order valence-corrected chi connectivity index (χ0v) is 14.0. The van der Waals surface area contributed by atoms with Gasteiger partial charge in [0.15, 0.2) is 0 Å². The van der Waals surface area contributed by atoms with Gasteiger partial charge in [-0.05, 0) is 19.8 Å². The summed E-state index contributed by atoms with van der Waals surface area (Å²) in [4.78, 5) is 23.3. The highest BCUT2D eigenvalue weighted by Crippen LogP contribution is 2.23. The van der Waals surface area contributed by atoms with E-state index in [0.717, 1.165) is 48.9 Å². The smallest absolute Gasteiger partial charge is 0.228 e. The van der Waals surface area contributed by atoms with Gasteiger partial charge in [0.25, 0.3) is 0 Å². The van der Waals surface area contributed by atoms with Crippen molar-refractivity contribution in [1.82, 2.24) is 19.4 Å². The number of aryl methyl sites for hydroxylation is 2. The number of carbonyl (C=O) groups excluding carboxylic acids is 1. The van der Waals surface area contributed by atoms with Gasteiger partial charge in [0, 0.05) is 37.3 Å². The number of rotatable bonds is 4. The lowest BCUT2D eigenvalue weighted by Crippen LogP contribution is -2.41. The maximum atomic E-state index is 12.5. The number of amides is 1. The first-order chi connectivity index (χ1) is 10.7. The minimum Gasteiger partial charge on any atom is -0.340 e. The number of hydrogen-bond donors (Lipinski definition) is 0. The van der Waals surface area contributed by atoms with Crippen LogP contribution < -0.4 is 0 Å². The van der Waals surface area contributed by atoms with Crippen molar-refractivity contribution in [2.45, 2.75) is 45.6 Å². The SMILES string of the molecule is CCc1nccn1C1CCCN(C(=O)Cc2csc(C)n2)C1. The van der Waals surface area contributed by atoms with E-state index in [1.54, 1.807) is 11.3 Å². The molecule has 2 aromatic heterocycles. The number of imidazole rings is 1. The monoisotopic (exact) mass is 318 g/mol. The Morgan fingerprint density at radius 2 is 2.36 bits per heavy atom. The van der Waals surface area contributed by atoms with Gasteiger partial charge in [0.05, 0.1) is 23.2 Å². The van der Waals surface area contributed by atoms with Crippen LogP contribution in [0.5, 0.6) is 0 Å². The molecule has 1 aliphatic heterocycles. The predicted octanol–water partition coefficient (Wildman–Crippen LogP) is 2.62. The molecular weight excluding hydrogens is 296 g/mol. The van der Waals surface area contributed by atoms with E-state index in [1.165, 1.54) is 0 Å². The lowest BCUT2D eigenvalue weighted by Gasteiger charge is -2.34. The Labute approximate surface area is 135 Å². The predicted molar refractivity (Wildman–Crippen MR) is 87.0 cm³/mol. The molecule has 6 heteroatoms.